The van der Waals surface area contributed by atoms with E-state index in [1.165, 1.54) is 0 Å². The van der Waals surface area contributed by atoms with E-state index >= 15 is 0 Å². The third-order valence-corrected chi connectivity index (χ3v) is 2.23. The van der Waals surface area contributed by atoms with Crippen molar-refractivity contribution >= 4 is 13.6 Å². The SMILES string of the molecule is CCCCCOC(=O)CNCP(=O)(O)O. The predicted molar refractivity (Wildman–Crippen MR) is 55.4 cm³/mol. The molecule has 6 nitrogen and oxygen atoms in total. The van der Waals surface area contributed by atoms with Crippen LogP contribution < -0.4 is 5.32 Å². The van der Waals surface area contributed by atoms with Crippen LogP contribution in [0.25, 0.3) is 0 Å². The van der Waals surface area contributed by atoms with Gasteiger partial charge in [0.2, 0.25) is 0 Å². The van der Waals surface area contributed by atoms with Gasteiger partial charge in [0, 0.05) is 0 Å². The maximum absolute atomic E-state index is 11.0. The van der Waals surface area contributed by atoms with Crippen molar-refractivity contribution in [2.45, 2.75) is 26.2 Å². The molecule has 0 radical (unpaired) electrons. The molecule has 0 spiro atoms. The average Bonchev–Trinajstić information content (AvgIpc) is 2.10. The summed E-state index contributed by atoms with van der Waals surface area (Å²) in [6.45, 7) is 2.24. The number of hydrogen-bond acceptors (Lipinski definition) is 4. The lowest BCUT2D eigenvalue weighted by Gasteiger charge is -2.06. The van der Waals surface area contributed by atoms with E-state index in [1.807, 2.05) is 6.92 Å². The topological polar surface area (TPSA) is 95.9 Å². The van der Waals surface area contributed by atoms with Crippen molar-refractivity contribution in [2.75, 3.05) is 19.4 Å². The lowest BCUT2D eigenvalue weighted by atomic mass is 10.3. The summed E-state index contributed by atoms with van der Waals surface area (Å²) in [7, 11) is -4.08. The Labute approximate surface area is 89.2 Å². The largest absolute Gasteiger partial charge is 0.465 e. The van der Waals surface area contributed by atoms with E-state index in [-0.39, 0.29) is 6.54 Å². The molecule has 0 aromatic rings. The Bertz CT molecular complexity index is 227. The maximum Gasteiger partial charge on any atom is 0.339 e. The Morgan fingerprint density at radius 3 is 2.60 bits per heavy atom. The number of unbranched alkanes of at least 4 members (excludes halogenated alkanes) is 2. The molecule has 0 aliphatic carbocycles. The third-order valence-electron chi connectivity index (χ3n) is 1.60. The van der Waals surface area contributed by atoms with Gasteiger partial charge in [-0.25, -0.2) is 0 Å². The monoisotopic (exact) mass is 239 g/mol. The molecule has 0 saturated carbocycles. The third kappa shape index (κ3) is 11.5. The summed E-state index contributed by atoms with van der Waals surface area (Å²) in [4.78, 5) is 27.9. The van der Waals surface area contributed by atoms with E-state index in [0.29, 0.717) is 6.61 Å². The highest BCUT2D eigenvalue weighted by Crippen LogP contribution is 2.31. The average molecular weight is 239 g/mol. The van der Waals surface area contributed by atoms with Crippen molar-refractivity contribution in [3.05, 3.63) is 0 Å². The minimum atomic E-state index is -4.08. The van der Waals surface area contributed by atoms with Crippen molar-refractivity contribution in [3.63, 3.8) is 0 Å². The van der Waals surface area contributed by atoms with Crippen molar-refractivity contribution in [1.82, 2.24) is 5.32 Å². The van der Waals surface area contributed by atoms with Crippen LogP contribution in [0.3, 0.4) is 0 Å². The van der Waals surface area contributed by atoms with Crippen molar-refractivity contribution in [2.24, 2.45) is 0 Å². The number of nitrogens with one attached hydrogen (secondary N) is 1. The lowest BCUT2D eigenvalue weighted by Crippen LogP contribution is -2.25. The quantitative estimate of drug-likeness (QED) is 0.323. The first-order valence-electron chi connectivity index (χ1n) is 4.86. The second kappa shape index (κ2) is 7.82. The van der Waals surface area contributed by atoms with Crippen LogP contribution in [0.1, 0.15) is 26.2 Å². The van der Waals surface area contributed by atoms with Crippen LogP contribution >= 0.6 is 7.60 Å². The molecule has 0 aliphatic heterocycles. The smallest absolute Gasteiger partial charge is 0.339 e. The molecule has 0 fully saturated rings. The van der Waals surface area contributed by atoms with Crippen LogP contribution in [0, 0.1) is 0 Å². The molecule has 3 N–H and O–H groups in total. The van der Waals surface area contributed by atoms with Gasteiger partial charge in [0.05, 0.1) is 19.4 Å². The second-order valence-electron chi connectivity index (χ2n) is 3.18. The van der Waals surface area contributed by atoms with Gasteiger partial charge in [0.15, 0.2) is 0 Å². The number of hydrogen-bond donors (Lipinski definition) is 3. The van der Waals surface area contributed by atoms with E-state index in [2.05, 4.69) is 5.32 Å². The van der Waals surface area contributed by atoms with Crippen molar-refractivity contribution < 1.29 is 23.9 Å². The summed E-state index contributed by atoms with van der Waals surface area (Å²) in [6.07, 6.45) is 2.37. The zero-order valence-electron chi connectivity index (χ0n) is 8.81. The molecule has 0 heterocycles. The minimum Gasteiger partial charge on any atom is -0.465 e. The fraction of sp³-hybridized carbons (Fsp3) is 0.875. The van der Waals surface area contributed by atoms with E-state index < -0.39 is 19.9 Å². The molecule has 0 unspecified atom stereocenters. The first-order valence-corrected chi connectivity index (χ1v) is 6.66. The zero-order chi connectivity index (χ0) is 11.7. The highest BCUT2D eigenvalue weighted by molar-refractivity contribution is 7.51. The summed E-state index contributed by atoms with van der Waals surface area (Å²) >= 11 is 0. The van der Waals surface area contributed by atoms with Gasteiger partial charge in [-0.2, -0.15) is 0 Å². The molecule has 0 rings (SSSR count). The highest BCUT2D eigenvalue weighted by Gasteiger charge is 2.12. The zero-order valence-corrected chi connectivity index (χ0v) is 9.70. The second-order valence-corrected chi connectivity index (χ2v) is 4.82. The van der Waals surface area contributed by atoms with Crippen molar-refractivity contribution in [3.8, 4) is 0 Å². The van der Waals surface area contributed by atoms with Gasteiger partial charge >= 0.3 is 13.6 Å². The first-order chi connectivity index (χ1) is 6.95. The van der Waals surface area contributed by atoms with E-state index in [1.54, 1.807) is 0 Å². The van der Waals surface area contributed by atoms with Crippen molar-refractivity contribution in [1.29, 1.82) is 0 Å². The number of rotatable bonds is 8. The standard InChI is InChI=1S/C8H18NO5P/c1-2-3-4-5-14-8(10)6-9-7-15(11,12)13/h9H,2-7H2,1H3,(H2,11,12,13). The summed E-state index contributed by atoms with van der Waals surface area (Å²) in [5, 5.41) is 2.33. The molecule has 90 valence electrons. The lowest BCUT2D eigenvalue weighted by molar-refractivity contribution is -0.142. The van der Waals surface area contributed by atoms with Gasteiger partial charge in [-0.05, 0) is 6.42 Å². The summed E-state index contributed by atoms with van der Waals surface area (Å²) in [5.41, 5.74) is 0. The predicted octanol–water partition coefficient (Wildman–Crippen LogP) is 0.445. The van der Waals surface area contributed by atoms with Crippen LogP contribution in [-0.2, 0) is 14.1 Å². The van der Waals surface area contributed by atoms with Crippen LogP contribution in [0.15, 0.2) is 0 Å². The Morgan fingerprint density at radius 2 is 2.07 bits per heavy atom. The Morgan fingerprint density at radius 1 is 1.40 bits per heavy atom. The normalized spacial score (nSPS) is 11.4. The molecule has 15 heavy (non-hydrogen) atoms. The molecule has 0 aliphatic rings. The molecular formula is C8H18NO5P. The number of carbonyl (C=O) groups excluding carboxylic acids is 1. The molecule has 0 atom stereocenters. The number of carbonyl (C=O) groups is 1. The molecule has 7 heteroatoms. The fourth-order valence-electron chi connectivity index (χ4n) is 0.893. The summed E-state index contributed by atoms with van der Waals surface area (Å²) in [6, 6.07) is 0. The van der Waals surface area contributed by atoms with Gasteiger partial charge in [-0.15, -0.1) is 0 Å². The Kier molecular flexibility index (Phi) is 7.60. The summed E-state index contributed by atoms with van der Waals surface area (Å²) in [5.74, 6) is -0.487. The maximum atomic E-state index is 11.0. The fourth-order valence-corrected chi connectivity index (χ4v) is 1.30. The van der Waals surface area contributed by atoms with Crippen LogP contribution in [-0.4, -0.2) is 35.2 Å². The first kappa shape index (κ1) is 14.6. The highest BCUT2D eigenvalue weighted by atomic mass is 31.2. The number of ether oxygens (including phenoxy) is 1. The molecule has 0 bridgehead atoms. The van der Waals surface area contributed by atoms with Crippen LogP contribution in [0.2, 0.25) is 0 Å². The van der Waals surface area contributed by atoms with Crippen LogP contribution in [0.5, 0.6) is 0 Å². The Balaban J connectivity index is 3.38. The van der Waals surface area contributed by atoms with Gasteiger partial charge in [0.25, 0.3) is 0 Å². The van der Waals surface area contributed by atoms with Gasteiger partial charge in [-0.1, -0.05) is 19.8 Å². The van der Waals surface area contributed by atoms with Gasteiger partial charge < -0.3 is 14.5 Å². The molecule has 0 aromatic carbocycles. The van der Waals surface area contributed by atoms with E-state index in [0.717, 1.165) is 19.3 Å². The van der Waals surface area contributed by atoms with Gasteiger partial charge in [-0.3, -0.25) is 14.7 Å². The molecule has 0 saturated heterocycles. The van der Waals surface area contributed by atoms with Gasteiger partial charge in [0.1, 0.15) is 0 Å². The van der Waals surface area contributed by atoms with E-state index in [9.17, 15) is 9.36 Å². The molecule has 0 aromatic heterocycles. The minimum absolute atomic E-state index is 0.169. The number of esters is 1. The Hall–Kier alpha value is -0.420. The molecular weight excluding hydrogens is 221 g/mol. The van der Waals surface area contributed by atoms with E-state index in [4.69, 9.17) is 14.5 Å². The van der Waals surface area contributed by atoms with Crippen LogP contribution in [0.4, 0.5) is 0 Å². The summed E-state index contributed by atoms with van der Waals surface area (Å²) < 4.78 is 15.2. The molecule has 0 amide bonds.